The quantitative estimate of drug-likeness (QED) is 0.845. The van der Waals surface area contributed by atoms with Gasteiger partial charge in [0.1, 0.15) is 6.04 Å². The first-order chi connectivity index (χ1) is 13.1. The van der Waals surface area contributed by atoms with E-state index in [9.17, 15) is 22.8 Å². The Morgan fingerprint density at radius 1 is 1.32 bits per heavy atom. The Labute approximate surface area is 161 Å². The van der Waals surface area contributed by atoms with Crippen molar-refractivity contribution in [3.63, 3.8) is 0 Å². The van der Waals surface area contributed by atoms with Crippen LogP contribution in [0.25, 0.3) is 0 Å². The number of piperazine rings is 1. The topological polar surface area (TPSA) is 79.7 Å². The third kappa shape index (κ3) is 4.47. The molecule has 152 valence electrons. The van der Waals surface area contributed by atoms with Crippen LogP contribution in [-0.2, 0) is 11.0 Å². The van der Waals surface area contributed by atoms with E-state index in [1.807, 2.05) is 0 Å². The molecule has 0 bridgehead atoms. The summed E-state index contributed by atoms with van der Waals surface area (Å²) in [6, 6.07) is 3.79. The molecule has 0 radical (unpaired) electrons. The maximum Gasteiger partial charge on any atom is 0.417 e. The lowest BCUT2D eigenvalue weighted by Gasteiger charge is -2.42. The number of halogens is 3. The van der Waals surface area contributed by atoms with Gasteiger partial charge in [-0.05, 0) is 25.1 Å². The van der Waals surface area contributed by atoms with Crippen molar-refractivity contribution >= 4 is 17.6 Å². The number of alkyl halides is 3. The second-order valence-corrected chi connectivity index (χ2v) is 6.56. The van der Waals surface area contributed by atoms with Crippen molar-refractivity contribution in [2.45, 2.75) is 19.1 Å². The Kier molecular flexibility index (Phi) is 6.38. The van der Waals surface area contributed by atoms with Crippen molar-refractivity contribution in [2.75, 3.05) is 45.2 Å². The maximum absolute atomic E-state index is 13.3. The molecule has 1 aromatic carbocycles. The molecule has 1 saturated heterocycles. The third-order valence-electron chi connectivity index (χ3n) is 4.49. The third-order valence-corrected chi connectivity index (χ3v) is 4.49. The van der Waals surface area contributed by atoms with Gasteiger partial charge in [-0.1, -0.05) is 0 Å². The van der Waals surface area contributed by atoms with Crippen LogP contribution in [0.3, 0.4) is 0 Å². The summed E-state index contributed by atoms with van der Waals surface area (Å²) in [7, 11) is 3.11. The van der Waals surface area contributed by atoms with E-state index in [-0.39, 0.29) is 31.2 Å². The van der Waals surface area contributed by atoms with Crippen LogP contribution in [0.1, 0.15) is 18.1 Å². The van der Waals surface area contributed by atoms with Crippen molar-refractivity contribution < 1.29 is 22.8 Å². The summed E-state index contributed by atoms with van der Waals surface area (Å²) < 4.78 is 39.8. The van der Waals surface area contributed by atoms with Crippen molar-refractivity contribution in [1.82, 2.24) is 15.1 Å². The fraction of sp³-hybridized carbons (Fsp3) is 0.500. The van der Waals surface area contributed by atoms with Gasteiger partial charge in [0.05, 0.1) is 17.2 Å². The second kappa shape index (κ2) is 8.37. The highest BCUT2D eigenvalue weighted by molar-refractivity contribution is 5.88. The molecule has 1 unspecified atom stereocenters. The molecule has 1 atom stereocenters. The summed E-state index contributed by atoms with van der Waals surface area (Å²) in [5.41, 5.74) is -1.23. The Morgan fingerprint density at radius 2 is 2.00 bits per heavy atom. The van der Waals surface area contributed by atoms with Gasteiger partial charge in [-0.3, -0.25) is 4.79 Å². The summed E-state index contributed by atoms with van der Waals surface area (Å²) >= 11 is 0. The number of likely N-dealkylation sites (N-methyl/N-ethyl adjacent to an activating group) is 1. The fourth-order valence-corrected chi connectivity index (χ4v) is 3.08. The minimum atomic E-state index is -4.66. The zero-order valence-corrected chi connectivity index (χ0v) is 15.9. The number of benzene rings is 1. The standard InChI is InChI=1S/C18H22F3N5O2/c1-4-23-17(28)26-8-7-25(11-15(26)16(27)24(2)3)13-6-5-12(10-22)14(9-13)18(19,20)21/h5-6,9,15H,4,7-8,11H2,1-3H3,(H,23,28). The summed E-state index contributed by atoms with van der Waals surface area (Å²) in [5, 5.41) is 11.6. The summed E-state index contributed by atoms with van der Waals surface area (Å²) in [4.78, 5) is 29.2. The SMILES string of the molecule is CCNC(=O)N1CCN(c2ccc(C#N)c(C(F)(F)F)c2)CC1C(=O)N(C)C. The Morgan fingerprint density at radius 3 is 2.54 bits per heavy atom. The maximum atomic E-state index is 13.3. The van der Waals surface area contributed by atoms with Crippen LogP contribution < -0.4 is 10.2 Å². The van der Waals surface area contributed by atoms with E-state index in [0.29, 0.717) is 6.54 Å². The highest BCUT2D eigenvalue weighted by atomic mass is 19.4. The van der Waals surface area contributed by atoms with Crippen LogP contribution >= 0.6 is 0 Å². The highest BCUT2D eigenvalue weighted by Gasteiger charge is 2.38. The zero-order chi connectivity index (χ0) is 21.1. The molecule has 0 spiro atoms. The van der Waals surface area contributed by atoms with Crippen LogP contribution in [0, 0.1) is 11.3 Å². The largest absolute Gasteiger partial charge is 0.417 e. The fourth-order valence-electron chi connectivity index (χ4n) is 3.08. The van der Waals surface area contributed by atoms with Crippen molar-refractivity contribution in [2.24, 2.45) is 0 Å². The minimum absolute atomic E-state index is 0.0529. The molecule has 0 aromatic heterocycles. The van der Waals surface area contributed by atoms with E-state index >= 15 is 0 Å². The lowest BCUT2D eigenvalue weighted by molar-refractivity contribution is -0.138. The molecule has 0 aliphatic carbocycles. The van der Waals surface area contributed by atoms with E-state index in [1.54, 1.807) is 32.0 Å². The molecule has 10 heteroatoms. The van der Waals surface area contributed by atoms with Gasteiger partial charge < -0.3 is 20.0 Å². The molecule has 1 aliphatic rings. The highest BCUT2D eigenvalue weighted by Crippen LogP contribution is 2.35. The predicted octanol–water partition coefficient (Wildman–Crippen LogP) is 1.89. The van der Waals surface area contributed by atoms with Gasteiger partial charge >= 0.3 is 12.2 Å². The number of amides is 3. The second-order valence-electron chi connectivity index (χ2n) is 6.56. The summed E-state index contributed by atoms with van der Waals surface area (Å²) in [6.07, 6.45) is -4.66. The van der Waals surface area contributed by atoms with E-state index in [2.05, 4.69) is 5.32 Å². The molecule has 28 heavy (non-hydrogen) atoms. The van der Waals surface area contributed by atoms with Crippen molar-refractivity contribution in [3.05, 3.63) is 29.3 Å². The van der Waals surface area contributed by atoms with E-state index < -0.39 is 29.4 Å². The Balaban J connectivity index is 2.35. The molecule has 1 aliphatic heterocycles. The summed E-state index contributed by atoms with van der Waals surface area (Å²) in [5.74, 6) is -0.319. The number of hydrogen-bond donors (Lipinski definition) is 1. The number of nitriles is 1. The number of nitrogens with one attached hydrogen (secondary N) is 1. The van der Waals surface area contributed by atoms with Gasteiger partial charge in [0, 0.05) is 46.0 Å². The van der Waals surface area contributed by atoms with Gasteiger partial charge in [0.2, 0.25) is 5.91 Å². The van der Waals surface area contributed by atoms with Crippen LogP contribution in [0.5, 0.6) is 0 Å². The van der Waals surface area contributed by atoms with E-state index in [0.717, 1.165) is 12.1 Å². The van der Waals surface area contributed by atoms with Crippen LogP contribution in [-0.4, -0.2) is 68.1 Å². The lowest BCUT2D eigenvalue weighted by atomic mass is 10.0. The molecule has 2 rings (SSSR count). The number of rotatable bonds is 3. The van der Waals surface area contributed by atoms with Crippen LogP contribution in [0.2, 0.25) is 0 Å². The smallest absolute Gasteiger partial charge is 0.367 e. The molecule has 1 heterocycles. The molecule has 0 saturated carbocycles. The van der Waals surface area contributed by atoms with Crippen LogP contribution in [0.4, 0.5) is 23.7 Å². The number of urea groups is 1. The first-order valence-corrected chi connectivity index (χ1v) is 8.72. The van der Waals surface area contributed by atoms with E-state index in [4.69, 9.17) is 5.26 Å². The molecule has 1 aromatic rings. The van der Waals surface area contributed by atoms with Crippen molar-refractivity contribution in [1.29, 1.82) is 5.26 Å². The number of anilines is 1. The van der Waals surface area contributed by atoms with Crippen LogP contribution in [0.15, 0.2) is 18.2 Å². The lowest BCUT2D eigenvalue weighted by Crippen LogP contribution is -2.62. The Bertz CT molecular complexity index is 788. The number of nitrogens with zero attached hydrogens (tertiary/aromatic N) is 4. The molecule has 7 nitrogen and oxygen atoms in total. The monoisotopic (exact) mass is 397 g/mol. The van der Waals surface area contributed by atoms with Gasteiger partial charge in [0.25, 0.3) is 0 Å². The van der Waals surface area contributed by atoms with Gasteiger partial charge in [-0.25, -0.2) is 4.79 Å². The van der Waals surface area contributed by atoms with E-state index in [1.165, 1.54) is 15.9 Å². The normalized spacial score (nSPS) is 17.1. The minimum Gasteiger partial charge on any atom is -0.367 e. The molecular formula is C18H22F3N5O2. The van der Waals surface area contributed by atoms with Crippen molar-refractivity contribution in [3.8, 4) is 6.07 Å². The first kappa shape index (κ1) is 21.3. The average Bonchev–Trinajstić information content (AvgIpc) is 2.65. The number of carbonyl (C=O) groups is 2. The first-order valence-electron chi connectivity index (χ1n) is 8.72. The predicted molar refractivity (Wildman–Crippen MR) is 96.6 cm³/mol. The average molecular weight is 397 g/mol. The zero-order valence-electron chi connectivity index (χ0n) is 15.9. The van der Waals surface area contributed by atoms with Gasteiger partial charge in [0.15, 0.2) is 0 Å². The van der Waals surface area contributed by atoms with Gasteiger partial charge in [-0.15, -0.1) is 0 Å². The molecular weight excluding hydrogens is 375 g/mol. The summed E-state index contributed by atoms with van der Waals surface area (Å²) in [6.45, 7) is 2.64. The molecule has 3 amide bonds. The Hall–Kier alpha value is -2.96. The number of carbonyl (C=O) groups excluding carboxylic acids is 2. The number of hydrogen-bond acceptors (Lipinski definition) is 4. The molecule has 1 fully saturated rings. The molecule has 1 N–H and O–H groups in total. The van der Waals surface area contributed by atoms with Gasteiger partial charge in [-0.2, -0.15) is 18.4 Å².